The molecule has 27 heavy (non-hydrogen) atoms. The Morgan fingerprint density at radius 3 is 2.59 bits per heavy atom. The molecule has 2 N–H and O–H groups in total. The van der Waals surface area contributed by atoms with Gasteiger partial charge in [0, 0.05) is 24.6 Å². The van der Waals surface area contributed by atoms with Gasteiger partial charge in [-0.25, -0.2) is 4.98 Å². The fourth-order valence-corrected chi connectivity index (χ4v) is 3.83. The van der Waals surface area contributed by atoms with E-state index >= 15 is 0 Å². The average Bonchev–Trinajstić information content (AvgIpc) is 3.50. The lowest BCUT2D eigenvalue weighted by Gasteiger charge is -2.36. The van der Waals surface area contributed by atoms with Crippen molar-refractivity contribution in [2.75, 3.05) is 16.8 Å². The summed E-state index contributed by atoms with van der Waals surface area (Å²) < 4.78 is 0. The van der Waals surface area contributed by atoms with Gasteiger partial charge in [-0.1, -0.05) is 38.1 Å². The highest BCUT2D eigenvalue weighted by Crippen LogP contribution is 2.41. The molecule has 0 amide bonds. The molecule has 0 radical (unpaired) electrons. The van der Waals surface area contributed by atoms with E-state index in [2.05, 4.69) is 61.3 Å². The quantitative estimate of drug-likeness (QED) is 0.816. The zero-order chi connectivity index (χ0) is 19.0. The summed E-state index contributed by atoms with van der Waals surface area (Å²) in [5.74, 6) is 2.52. The van der Waals surface area contributed by atoms with Crippen molar-refractivity contribution >= 4 is 11.8 Å². The molecular weight excluding hydrogens is 336 g/mol. The summed E-state index contributed by atoms with van der Waals surface area (Å²) in [6, 6.07) is 11.2. The Balaban J connectivity index is 1.65. The van der Waals surface area contributed by atoms with E-state index in [1.54, 1.807) is 0 Å². The first-order valence-electron chi connectivity index (χ1n) is 10.1. The molecule has 0 bridgehead atoms. The second-order valence-electron chi connectivity index (χ2n) is 8.38. The molecule has 1 aliphatic heterocycles. The smallest absolute Gasteiger partial charge is 0.225 e. The lowest BCUT2D eigenvalue weighted by Crippen LogP contribution is -2.39. The molecule has 144 valence electrons. The van der Waals surface area contributed by atoms with Crippen LogP contribution in [-0.2, 0) is 13.0 Å². The van der Waals surface area contributed by atoms with Crippen LogP contribution in [0.15, 0.2) is 30.3 Å². The first-order valence-corrected chi connectivity index (χ1v) is 10.1. The minimum Gasteiger partial charge on any atom is -0.394 e. The summed E-state index contributed by atoms with van der Waals surface area (Å²) in [4.78, 5) is 12.0. The zero-order valence-corrected chi connectivity index (χ0v) is 16.5. The Hall–Kier alpha value is -2.14. The van der Waals surface area contributed by atoms with E-state index in [0.29, 0.717) is 23.8 Å². The van der Waals surface area contributed by atoms with Crippen LogP contribution in [-0.4, -0.2) is 33.8 Å². The van der Waals surface area contributed by atoms with Crippen molar-refractivity contribution in [1.82, 2.24) is 9.97 Å². The van der Waals surface area contributed by atoms with Gasteiger partial charge in [-0.05, 0) is 43.2 Å². The van der Waals surface area contributed by atoms with Crippen LogP contribution in [0.4, 0.5) is 11.8 Å². The van der Waals surface area contributed by atoms with E-state index in [1.165, 1.54) is 24.0 Å². The first kappa shape index (κ1) is 18.2. The summed E-state index contributed by atoms with van der Waals surface area (Å²) in [6.45, 7) is 7.43. The van der Waals surface area contributed by atoms with Gasteiger partial charge in [-0.3, -0.25) is 0 Å². The van der Waals surface area contributed by atoms with Crippen molar-refractivity contribution < 1.29 is 5.11 Å². The van der Waals surface area contributed by atoms with E-state index in [1.807, 2.05) is 0 Å². The predicted octanol–water partition coefficient (Wildman–Crippen LogP) is 3.73. The van der Waals surface area contributed by atoms with Crippen LogP contribution in [0, 0.1) is 5.92 Å². The number of fused-ring (bicyclic) bond motifs is 1. The van der Waals surface area contributed by atoms with Crippen molar-refractivity contribution in [3.8, 4) is 0 Å². The van der Waals surface area contributed by atoms with Gasteiger partial charge in [-0.15, -0.1) is 0 Å². The van der Waals surface area contributed by atoms with Gasteiger partial charge in [0.25, 0.3) is 0 Å². The molecule has 5 nitrogen and oxygen atoms in total. The number of aromatic nitrogens is 2. The van der Waals surface area contributed by atoms with E-state index in [-0.39, 0.29) is 12.6 Å². The van der Waals surface area contributed by atoms with Gasteiger partial charge in [-0.2, -0.15) is 4.98 Å². The lowest BCUT2D eigenvalue weighted by molar-refractivity contribution is 0.248. The molecule has 1 aromatic carbocycles. The maximum atomic E-state index is 9.69. The monoisotopic (exact) mass is 366 g/mol. The minimum absolute atomic E-state index is 0.0354. The SMILES string of the molecule is CC(C)[C@H](CO)Nc1nc(C2CC2)cc(N2Cc3ccccc3C[C@H]2C)n1. The minimum atomic E-state index is -0.0354. The third-order valence-electron chi connectivity index (χ3n) is 5.84. The van der Waals surface area contributed by atoms with Crippen molar-refractivity contribution in [3.63, 3.8) is 0 Å². The van der Waals surface area contributed by atoms with Crippen LogP contribution in [0.2, 0.25) is 0 Å². The summed E-state index contributed by atoms with van der Waals surface area (Å²) in [5, 5.41) is 13.1. The van der Waals surface area contributed by atoms with Crippen molar-refractivity contribution in [2.24, 2.45) is 5.92 Å². The number of nitrogens with one attached hydrogen (secondary N) is 1. The first-order chi connectivity index (χ1) is 13.0. The molecule has 0 spiro atoms. The van der Waals surface area contributed by atoms with Crippen LogP contribution in [0.25, 0.3) is 0 Å². The molecule has 2 atom stereocenters. The Labute approximate surface area is 161 Å². The topological polar surface area (TPSA) is 61.3 Å². The van der Waals surface area contributed by atoms with Crippen LogP contribution < -0.4 is 10.2 Å². The third kappa shape index (κ3) is 3.93. The number of nitrogens with zero attached hydrogens (tertiary/aromatic N) is 3. The van der Waals surface area contributed by atoms with Gasteiger partial charge in [0.2, 0.25) is 5.95 Å². The fraction of sp³-hybridized carbons (Fsp3) is 0.545. The molecular formula is C22H30N4O. The van der Waals surface area contributed by atoms with Crippen molar-refractivity contribution in [3.05, 3.63) is 47.2 Å². The van der Waals surface area contributed by atoms with E-state index < -0.39 is 0 Å². The molecule has 2 aromatic rings. The number of aliphatic hydroxyl groups excluding tert-OH is 1. The third-order valence-corrected chi connectivity index (χ3v) is 5.84. The molecule has 1 fully saturated rings. The molecule has 4 rings (SSSR count). The number of rotatable bonds is 6. The molecule has 2 aliphatic rings. The number of hydrogen-bond donors (Lipinski definition) is 2. The summed E-state index contributed by atoms with van der Waals surface area (Å²) in [6.07, 6.45) is 3.46. The highest BCUT2D eigenvalue weighted by atomic mass is 16.3. The maximum Gasteiger partial charge on any atom is 0.225 e. The van der Waals surface area contributed by atoms with Gasteiger partial charge in [0.05, 0.1) is 18.3 Å². The van der Waals surface area contributed by atoms with Gasteiger partial charge >= 0.3 is 0 Å². The lowest BCUT2D eigenvalue weighted by atomic mass is 9.95. The normalized spacial score (nSPS) is 20.5. The van der Waals surface area contributed by atoms with Crippen LogP contribution in [0.1, 0.15) is 56.4 Å². The second-order valence-corrected chi connectivity index (χ2v) is 8.38. The molecule has 5 heteroatoms. The van der Waals surface area contributed by atoms with Gasteiger partial charge < -0.3 is 15.3 Å². The number of benzene rings is 1. The summed E-state index contributed by atoms with van der Waals surface area (Å²) >= 11 is 0. The van der Waals surface area contributed by atoms with Crippen LogP contribution >= 0.6 is 0 Å². The Bertz CT molecular complexity index is 803. The van der Waals surface area contributed by atoms with E-state index in [0.717, 1.165) is 24.5 Å². The Morgan fingerprint density at radius 2 is 1.93 bits per heavy atom. The zero-order valence-electron chi connectivity index (χ0n) is 16.5. The molecule has 2 heterocycles. The van der Waals surface area contributed by atoms with Crippen LogP contribution in [0.3, 0.4) is 0 Å². The number of aliphatic hydroxyl groups is 1. The molecule has 0 saturated heterocycles. The molecule has 1 saturated carbocycles. The number of hydrogen-bond acceptors (Lipinski definition) is 5. The summed E-state index contributed by atoms with van der Waals surface area (Å²) in [5.41, 5.74) is 3.96. The fourth-order valence-electron chi connectivity index (χ4n) is 3.83. The maximum absolute atomic E-state index is 9.69. The Kier molecular flexibility index (Phi) is 5.04. The highest BCUT2D eigenvalue weighted by Gasteiger charge is 2.29. The molecule has 0 unspecified atom stereocenters. The molecule has 1 aliphatic carbocycles. The van der Waals surface area contributed by atoms with Crippen LogP contribution in [0.5, 0.6) is 0 Å². The van der Waals surface area contributed by atoms with Gasteiger partial charge in [0.15, 0.2) is 0 Å². The highest BCUT2D eigenvalue weighted by molar-refractivity contribution is 5.50. The van der Waals surface area contributed by atoms with Crippen molar-refractivity contribution in [1.29, 1.82) is 0 Å². The van der Waals surface area contributed by atoms with E-state index in [4.69, 9.17) is 9.97 Å². The average molecular weight is 367 g/mol. The second kappa shape index (κ2) is 7.47. The summed E-state index contributed by atoms with van der Waals surface area (Å²) in [7, 11) is 0. The number of anilines is 2. The molecule has 1 aromatic heterocycles. The predicted molar refractivity (Wildman–Crippen MR) is 109 cm³/mol. The van der Waals surface area contributed by atoms with Gasteiger partial charge in [0.1, 0.15) is 5.82 Å². The standard InChI is InChI=1S/C22H30N4O/c1-14(2)20(13-27)24-22-23-19(16-8-9-16)11-21(25-22)26-12-18-7-5-4-6-17(18)10-15(26)3/h4-7,11,14-16,20,27H,8-10,12-13H2,1-3H3,(H,23,24,25)/t15-,20+/m1/s1. The Morgan fingerprint density at radius 1 is 1.19 bits per heavy atom. The largest absolute Gasteiger partial charge is 0.394 e. The van der Waals surface area contributed by atoms with Crippen molar-refractivity contribution in [2.45, 2.75) is 64.6 Å². The van der Waals surface area contributed by atoms with E-state index in [9.17, 15) is 5.11 Å².